The topological polar surface area (TPSA) is 41.9 Å². The molecule has 0 bridgehead atoms. The van der Waals surface area contributed by atoms with Crippen LogP contribution in [0.15, 0.2) is 42.5 Å². The van der Waals surface area contributed by atoms with E-state index in [1.807, 2.05) is 12.1 Å². The van der Waals surface area contributed by atoms with Crippen molar-refractivity contribution in [3.05, 3.63) is 59.2 Å². The zero-order valence-electron chi connectivity index (χ0n) is 15.6. The number of aliphatic hydroxyl groups excluding tert-OH is 1. The van der Waals surface area contributed by atoms with Crippen molar-refractivity contribution in [2.45, 2.75) is 44.9 Å². The zero-order valence-corrected chi connectivity index (χ0v) is 15.6. The van der Waals surface area contributed by atoms with Gasteiger partial charge >= 0.3 is 0 Å². The maximum atomic E-state index is 10.5. The Morgan fingerprint density at radius 3 is 2.73 bits per heavy atom. The lowest BCUT2D eigenvalue weighted by Crippen LogP contribution is -2.38. The van der Waals surface area contributed by atoms with Crippen molar-refractivity contribution in [2.75, 3.05) is 19.7 Å². The first-order valence-electron chi connectivity index (χ1n) is 9.41. The lowest BCUT2D eigenvalue weighted by molar-refractivity contribution is 0.0608. The van der Waals surface area contributed by atoms with Crippen LogP contribution in [0.1, 0.15) is 30.5 Å². The molecular weight excluding hydrogens is 326 g/mol. The smallest absolute Gasteiger partial charge is 0.165 e. The third kappa shape index (κ3) is 3.71. The number of hydrogen-bond acceptors (Lipinski definition) is 4. The minimum atomic E-state index is -0.523. The van der Waals surface area contributed by atoms with Gasteiger partial charge in [0.2, 0.25) is 0 Å². The Morgan fingerprint density at radius 2 is 1.88 bits per heavy atom. The number of fused-ring (bicyclic) bond motifs is 2. The Labute approximate surface area is 155 Å². The second-order valence-corrected chi connectivity index (χ2v) is 8.00. The molecule has 4 nitrogen and oxygen atoms in total. The van der Waals surface area contributed by atoms with E-state index in [1.165, 1.54) is 16.7 Å². The zero-order chi connectivity index (χ0) is 18.1. The van der Waals surface area contributed by atoms with Crippen molar-refractivity contribution in [1.82, 2.24) is 4.90 Å². The normalized spacial score (nSPS) is 19.3. The third-order valence-corrected chi connectivity index (χ3v) is 5.16. The van der Waals surface area contributed by atoms with Gasteiger partial charge in [0, 0.05) is 31.6 Å². The molecule has 0 saturated heterocycles. The largest absolute Gasteiger partial charge is 0.487 e. The molecule has 2 heterocycles. The van der Waals surface area contributed by atoms with Gasteiger partial charge in [0.15, 0.2) is 11.5 Å². The molecule has 1 atom stereocenters. The summed E-state index contributed by atoms with van der Waals surface area (Å²) < 4.78 is 11.9. The number of hydrogen-bond donors (Lipinski definition) is 1. The molecule has 4 heteroatoms. The summed E-state index contributed by atoms with van der Waals surface area (Å²) in [5, 5.41) is 10.5. The van der Waals surface area contributed by atoms with Crippen LogP contribution in [0.2, 0.25) is 0 Å². The van der Waals surface area contributed by atoms with Gasteiger partial charge in [0.1, 0.15) is 18.3 Å². The third-order valence-electron chi connectivity index (χ3n) is 5.16. The van der Waals surface area contributed by atoms with E-state index in [-0.39, 0.29) is 12.2 Å². The summed E-state index contributed by atoms with van der Waals surface area (Å²) in [7, 11) is 0. The fourth-order valence-electron chi connectivity index (χ4n) is 3.95. The van der Waals surface area contributed by atoms with Gasteiger partial charge in [-0.25, -0.2) is 0 Å². The summed E-state index contributed by atoms with van der Waals surface area (Å²) in [5.41, 5.74) is 3.77. The number of aliphatic hydroxyl groups is 1. The van der Waals surface area contributed by atoms with Crippen molar-refractivity contribution in [3.63, 3.8) is 0 Å². The number of benzene rings is 2. The Bertz CT molecular complexity index is 787. The van der Waals surface area contributed by atoms with E-state index in [4.69, 9.17) is 9.47 Å². The van der Waals surface area contributed by atoms with Crippen LogP contribution in [0, 0.1) is 0 Å². The van der Waals surface area contributed by atoms with Gasteiger partial charge in [-0.1, -0.05) is 36.4 Å². The predicted molar refractivity (Wildman–Crippen MR) is 102 cm³/mol. The van der Waals surface area contributed by atoms with E-state index < -0.39 is 6.10 Å². The van der Waals surface area contributed by atoms with Crippen LogP contribution in [0.3, 0.4) is 0 Å². The highest BCUT2D eigenvalue weighted by Crippen LogP contribution is 2.41. The highest BCUT2D eigenvalue weighted by Gasteiger charge is 2.32. The summed E-state index contributed by atoms with van der Waals surface area (Å²) in [6.45, 7) is 6.94. The van der Waals surface area contributed by atoms with Crippen molar-refractivity contribution >= 4 is 0 Å². The summed E-state index contributed by atoms with van der Waals surface area (Å²) in [6.07, 6.45) is 1.40. The van der Waals surface area contributed by atoms with E-state index in [1.54, 1.807) is 0 Å². The van der Waals surface area contributed by atoms with Crippen LogP contribution < -0.4 is 9.47 Å². The number of ether oxygens (including phenoxy) is 2. The van der Waals surface area contributed by atoms with E-state index in [0.717, 1.165) is 37.4 Å². The van der Waals surface area contributed by atoms with Crippen molar-refractivity contribution in [3.8, 4) is 11.5 Å². The van der Waals surface area contributed by atoms with Crippen LogP contribution in [0.5, 0.6) is 11.5 Å². The van der Waals surface area contributed by atoms with Crippen molar-refractivity contribution < 1.29 is 14.6 Å². The van der Waals surface area contributed by atoms with Gasteiger partial charge in [0.25, 0.3) is 0 Å². The molecule has 0 aromatic heterocycles. The Kier molecular flexibility index (Phi) is 4.63. The highest BCUT2D eigenvalue weighted by molar-refractivity contribution is 5.50. The number of β-amino-alcohol motifs (C(OH)–C–C–N with tert-alkyl or cyclic N) is 1. The van der Waals surface area contributed by atoms with Crippen molar-refractivity contribution in [1.29, 1.82) is 0 Å². The fraction of sp³-hybridized carbons (Fsp3) is 0.455. The van der Waals surface area contributed by atoms with Gasteiger partial charge in [-0.2, -0.15) is 0 Å². The van der Waals surface area contributed by atoms with Gasteiger partial charge in [-0.15, -0.1) is 0 Å². The Balaban J connectivity index is 1.33. The molecule has 26 heavy (non-hydrogen) atoms. The monoisotopic (exact) mass is 353 g/mol. The molecule has 2 aromatic carbocycles. The van der Waals surface area contributed by atoms with Gasteiger partial charge in [-0.3, -0.25) is 4.90 Å². The van der Waals surface area contributed by atoms with Gasteiger partial charge in [0.05, 0.1) is 0 Å². The maximum Gasteiger partial charge on any atom is 0.165 e. The number of rotatable bonds is 5. The second kappa shape index (κ2) is 6.93. The molecule has 2 aliphatic rings. The highest BCUT2D eigenvalue weighted by atomic mass is 16.5. The molecule has 0 aliphatic carbocycles. The van der Waals surface area contributed by atoms with Crippen LogP contribution >= 0.6 is 0 Å². The average Bonchev–Trinajstić information content (AvgIpc) is 2.94. The molecular formula is C22H27NO3. The minimum absolute atomic E-state index is 0.193. The summed E-state index contributed by atoms with van der Waals surface area (Å²) >= 11 is 0. The molecule has 0 radical (unpaired) electrons. The van der Waals surface area contributed by atoms with Gasteiger partial charge in [-0.05, 0) is 37.5 Å². The van der Waals surface area contributed by atoms with Crippen LogP contribution in [0.4, 0.5) is 0 Å². The molecule has 0 spiro atoms. The summed E-state index contributed by atoms with van der Waals surface area (Å²) in [6, 6.07) is 14.5. The minimum Gasteiger partial charge on any atom is -0.487 e. The van der Waals surface area contributed by atoms with E-state index in [9.17, 15) is 5.11 Å². The molecule has 2 aliphatic heterocycles. The predicted octanol–water partition coefficient (Wildman–Crippen LogP) is 3.20. The molecule has 4 rings (SSSR count). The number of nitrogens with zero attached hydrogens (tertiary/aromatic N) is 1. The second-order valence-electron chi connectivity index (χ2n) is 8.00. The lowest BCUT2D eigenvalue weighted by Gasteiger charge is -2.30. The first-order chi connectivity index (χ1) is 12.5. The lowest BCUT2D eigenvalue weighted by atomic mass is 10.00. The van der Waals surface area contributed by atoms with Crippen LogP contribution in [-0.2, 0) is 19.4 Å². The summed E-state index contributed by atoms with van der Waals surface area (Å²) in [4.78, 5) is 2.30. The van der Waals surface area contributed by atoms with E-state index >= 15 is 0 Å². The number of para-hydroxylation sites is 1. The molecule has 0 saturated carbocycles. The maximum absolute atomic E-state index is 10.5. The quantitative estimate of drug-likeness (QED) is 0.896. The van der Waals surface area contributed by atoms with E-state index in [0.29, 0.717) is 6.54 Å². The average molecular weight is 353 g/mol. The molecule has 0 fully saturated rings. The summed E-state index contributed by atoms with van der Waals surface area (Å²) in [5.74, 6) is 1.56. The Hall–Kier alpha value is -2.04. The first kappa shape index (κ1) is 17.4. The molecule has 1 unspecified atom stereocenters. The Morgan fingerprint density at radius 1 is 1.12 bits per heavy atom. The first-order valence-corrected chi connectivity index (χ1v) is 9.41. The van der Waals surface area contributed by atoms with Crippen LogP contribution in [-0.4, -0.2) is 41.4 Å². The molecule has 2 aromatic rings. The van der Waals surface area contributed by atoms with Crippen molar-refractivity contribution in [2.24, 2.45) is 0 Å². The fourth-order valence-corrected chi connectivity index (χ4v) is 3.95. The van der Waals surface area contributed by atoms with E-state index in [2.05, 4.69) is 49.1 Å². The standard InChI is InChI=1S/C22H27NO3/c1-22(2)12-17-8-5-9-20(21(17)26-22)25-15-19(24)14-23-11-10-16-6-3-4-7-18(16)13-23/h3-9,19,24H,10-15H2,1-2H3. The molecule has 138 valence electrons. The SMILES string of the molecule is CC1(C)Cc2cccc(OCC(O)CN3CCc4ccccc4C3)c2O1. The molecule has 1 N–H and O–H groups in total. The van der Waals surface area contributed by atoms with Gasteiger partial charge < -0.3 is 14.6 Å². The molecule has 0 amide bonds. The van der Waals surface area contributed by atoms with Crippen LogP contribution in [0.25, 0.3) is 0 Å².